The van der Waals surface area contributed by atoms with Crippen LogP contribution in [0.3, 0.4) is 0 Å². The van der Waals surface area contributed by atoms with Crippen LogP contribution in [0, 0.1) is 6.28 Å². The summed E-state index contributed by atoms with van der Waals surface area (Å²) in [6, 6.07) is 0. The van der Waals surface area contributed by atoms with Crippen molar-refractivity contribution in [3.05, 3.63) is 6.28 Å². The van der Waals surface area contributed by atoms with E-state index in [0.717, 1.165) is 6.28 Å². The molecule has 0 aromatic carbocycles. The molecular formula is C6S12. The molecule has 3 rings (SSSR count). The Balaban J connectivity index is 1.88. The van der Waals surface area contributed by atoms with Crippen molar-refractivity contribution in [2.24, 2.45) is 0 Å². The third kappa shape index (κ3) is 3.88. The molecule has 0 unspecified atom stereocenters. The number of fused-ring (bicyclic) bond motifs is 2. The zero-order chi connectivity index (χ0) is 12.5. The van der Waals surface area contributed by atoms with Gasteiger partial charge >= 0.3 is 0 Å². The SMILES string of the molecule is S=c1sc2c(s1)SSSc1sc(=S)sc1SSS2. The molecule has 0 atom stereocenters. The van der Waals surface area contributed by atoms with E-state index in [-0.39, 0.29) is 0 Å². The molecule has 0 saturated heterocycles. The van der Waals surface area contributed by atoms with Gasteiger partial charge in [0.15, 0.2) is 0 Å². The Labute approximate surface area is 153 Å². The molecule has 0 N–H and O–H groups in total. The molecule has 0 bridgehead atoms. The van der Waals surface area contributed by atoms with Crippen molar-refractivity contribution in [2.45, 2.75) is 16.8 Å². The van der Waals surface area contributed by atoms with E-state index in [0.29, 0.717) is 0 Å². The number of hydrogen-bond acceptors (Lipinski definition) is 12. The zero-order valence-corrected chi connectivity index (χ0v) is 17.7. The minimum absolute atomic E-state index is 1.01. The van der Waals surface area contributed by atoms with Crippen molar-refractivity contribution in [2.75, 3.05) is 0 Å². The first kappa shape index (κ1) is 15.5. The van der Waals surface area contributed by atoms with Crippen LogP contribution < -0.4 is 0 Å². The first-order valence-corrected chi connectivity index (χ1v) is 15.1. The van der Waals surface area contributed by atoms with E-state index in [9.17, 15) is 0 Å². The zero-order valence-electron chi connectivity index (χ0n) is 7.90. The molecule has 0 saturated carbocycles. The van der Waals surface area contributed by atoms with Crippen molar-refractivity contribution in [3.63, 3.8) is 0 Å². The van der Waals surface area contributed by atoms with Crippen LogP contribution in [-0.4, -0.2) is 0 Å². The van der Waals surface area contributed by atoms with Gasteiger partial charge in [-0.15, -0.1) is 45.3 Å². The summed E-state index contributed by atoms with van der Waals surface area (Å²) in [5.41, 5.74) is 0. The van der Waals surface area contributed by atoms with Gasteiger partial charge in [-0.1, -0.05) is 24.4 Å². The van der Waals surface area contributed by atoms with Gasteiger partial charge in [-0.25, -0.2) is 0 Å². The Morgan fingerprint density at radius 2 is 0.778 bits per heavy atom. The van der Waals surface area contributed by atoms with E-state index in [4.69, 9.17) is 24.4 Å². The maximum atomic E-state index is 5.28. The predicted molar refractivity (Wildman–Crippen MR) is 105 cm³/mol. The van der Waals surface area contributed by atoms with Gasteiger partial charge in [-0.05, 0) is 62.8 Å². The molecule has 18 heavy (non-hydrogen) atoms. The molecule has 3 heterocycles. The van der Waals surface area contributed by atoms with E-state index in [1.165, 1.54) is 16.8 Å². The van der Waals surface area contributed by atoms with Gasteiger partial charge in [0.25, 0.3) is 0 Å². The molecule has 0 nitrogen and oxygen atoms in total. The van der Waals surface area contributed by atoms with Crippen LogP contribution >= 0.6 is 133 Å². The van der Waals surface area contributed by atoms with E-state index in [1.807, 2.05) is 43.2 Å². The van der Waals surface area contributed by atoms with Crippen molar-refractivity contribution in [1.82, 2.24) is 0 Å². The van der Waals surface area contributed by atoms with Crippen LogP contribution in [0.5, 0.6) is 0 Å². The highest BCUT2D eigenvalue weighted by atomic mass is 33.5. The molecule has 0 radical (unpaired) electrons. The van der Waals surface area contributed by atoms with Crippen LogP contribution in [0.1, 0.15) is 0 Å². The Morgan fingerprint density at radius 3 is 1.06 bits per heavy atom. The van der Waals surface area contributed by atoms with Gasteiger partial charge in [-0.2, -0.15) is 0 Å². The lowest BCUT2D eigenvalue weighted by atomic mass is 11.1. The second-order valence-corrected chi connectivity index (χ2v) is 17.8. The largest absolute Gasteiger partial charge is 0.145 e. The van der Waals surface area contributed by atoms with Gasteiger partial charge in [-0.3, -0.25) is 0 Å². The van der Waals surface area contributed by atoms with Crippen LogP contribution in [0.15, 0.2) is 16.8 Å². The molecule has 0 amide bonds. The first-order valence-electron chi connectivity index (χ1n) is 4.02. The Bertz CT molecular complexity index is 545. The van der Waals surface area contributed by atoms with Gasteiger partial charge in [0.1, 0.15) is 6.28 Å². The van der Waals surface area contributed by atoms with Gasteiger partial charge in [0, 0.05) is 0 Å². The summed E-state index contributed by atoms with van der Waals surface area (Å²) in [7, 11) is 10.9. The monoisotopic (exact) mass is 456 g/mol. The molecule has 2 aromatic heterocycles. The van der Waals surface area contributed by atoms with Crippen LogP contribution in [0.2, 0.25) is 0 Å². The molecule has 2 aromatic rings. The Kier molecular flexibility index (Phi) is 6.27. The number of hydrogen-bond donors (Lipinski definition) is 0. The Morgan fingerprint density at radius 1 is 0.500 bits per heavy atom. The van der Waals surface area contributed by atoms with Gasteiger partial charge < -0.3 is 0 Å². The molecule has 0 aliphatic carbocycles. The molecule has 12 heteroatoms. The fourth-order valence-corrected chi connectivity index (χ4v) is 19.8. The highest BCUT2D eigenvalue weighted by molar-refractivity contribution is 9.11. The van der Waals surface area contributed by atoms with E-state index >= 15 is 0 Å². The predicted octanol–water partition coefficient (Wildman–Crippen LogP) is 8.60. The lowest BCUT2D eigenvalue weighted by molar-refractivity contribution is 1.55. The lowest BCUT2D eigenvalue weighted by Crippen LogP contribution is -1.63. The first-order chi connectivity index (χ1) is 8.72. The van der Waals surface area contributed by atoms with E-state index < -0.39 is 0 Å². The summed E-state index contributed by atoms with van der Waals surface area (Å²) >= 11 is 17.4. The molecular weight excluding hydrogens is 457 g/mol. The molecule has 0 spiro atoms. The van der Waals surface area contributed by atoms with E-state index in [2.05, 4.69) is 0 Å². The van der Waals surface area contributed by atoms with Crippen molar-refractivity contribution in [3.8, 4) is 0 Å². The summed E-state index contributed by atoms with van der Waals surface area (Å²) in [6.07, 6.45) is 0. The number of rotatable bonds is 0. The molecule has 0 fully saturated rings. The van der Waals surface area contributed by atoms with Crippen molar-refractivity contribution < 1.29 is 0 Å². The van der Waals surface area contributed by atoms with Crippen LogP contribution in [-0.2, 0) is 0 Å². The van der Waals surface area contributed by atoms with Crippen molar-refractivity contribution in [1.29, 1.82) is 0 Å². The summed E-state index contributed by atoms with van der Waals surface area (Å²) in [5.74, 6) is 0. The summed E-state index contributed by atoms with van der Waals surface area (Å²) in [4.78, 5) is 0. The Hall–Kier alpha value is 2.64. The standard InChI is InChI=1S/C6S12/c7-5-9-1-2(10-5)14-18-16-4-3(15-17-13-1)11-6(8)12-4. The lowest BCUT2D eigenvalue weighted by Gasteiger charge is -2.04. The second kappa shape index (κ2) is 7.27. The van der Waals surface area contributed by atoms with Crippen LogP contribution in [0.25, 0.3) is 0 Å². The van der Waals surface area contributed by atoms with E-state index in [1.54, 1.807) is 65.0 Å². The third-order valence-electron chi connectivity index (χ3n) is 1.48. The minimum Gasteiger partial charge on any atom is -0.104 e. The fourth-order valence-electron chi connectivity index (χ4n) is 0.873. The highest BCUT2D eigenvalue weighted by Gasteiger charge is 2.16. The maximum Gasteiger partial charge on any atom is 0.145 e. The average molecular weight is 457 g/mol. The fraction of sp³-hybridized carbons (Fsp3) is 0. The topological polar surface area (TPSA) is 0 Å². The summed E-state index contributed by atoms with van der Waals surface area (Å²) in [5, 5.41) is 0. The minimum atomic E-state index is 1.01. The normalized spacial score (nSPS) is 16.0. The molecule has 1 aliphatic rings. The second-order valence-electron chi connectivity index (χ2n) is 2.53. The summed E-state index contributed by atoms with van der Waals surface area (Å²) < 4.78 is 7.37. The quantitative estimate of drug-likeness (QED) is 0.282. The summed E-state index contributed by atoms with van der Waals surface area (Å²) in [6.45, 7) is 0. The van der Waals surface area contributed by atoms with Crippen LogP contribution in [0.4, 0.5) is 0 Å². The maximum absolute atomic E-state index is 5.28. The average Bonchev–Trinajstić information content (AvgIpc) is 2.83. The highest BCUT2D eigenvalue weighted by Crippen LogP contribution is 2.60. The van der Waals surface area contributed by atoms with Gasteiger partial charge in [0.05, 0.1) is 16.8 Å². The van der Waals surface area contributed by atoms with Gasteiger partial charge in [0.2, 0.25) is 0 Å². The third-order valence-corrected chi connectivity index (χ3v) is 17.0. The molecule has 1 aliphatic heterocycles. The smallest absolute Gasteiger partial charge is 0.104 e. The molecule has 96 valence electrons. The van der Waals surface area contributed by atoms with Crippen molar-refractivity contribution >= 4 is 133 Å².